The summed E-state index contributed by atoms with van der Waals surface area (Å²) >= 11 is 0. The second-order valence-corrected chi connectivity index (χ2v) is 6.79. The minimum Gasteiger partial charge on any atom is -0.424 e. The van der Waals surface area contributed by atoms with Crippen LogP contribution >= 0.6 is 0 Å². The van der Waals surface area contributed by atoms with Gasteiger partial charge in [-0.25, -0.2) is 0 Å². The largest absolute Gasteiger partial charge is 0.424 e. The van der Waals surface area contributed by atoms with E-state index in [4.69, 9.17) is 4.42 Å². The molecule has 1 aromatic heterocycles. The molecule has 2 aliphatic heterocycles. The first-order valence-electron chi connectivity index (χ1n) is 8.40. The van der Waals surface area contributed by atoms with Gasteiger partial charge in [0.2, 0.25) is 17.7 Å². The highest BCUT2D eigenvalue weighted by atomic mass is 16.4. The van der Waals surface area contributed by atoms with Crippen LogP contribution in [0.1, 0.15) is 64.2 Å². The zero-order valence-corrected chi connectivity index (χ0v) is 13.8. The lowest BCUT2D eigenvalue weighted by Crippen LogP contribution is -2.47. The van der Waals surface area contributed by atoms with Gasteiger partial charge in [-0.3, -0.25) is 9.69 Å². The number of amides is 1. The van der Waals surface area contributed by atoms with Gasteiger partial charge < -0.3 is 9.32 Å². The molecule has 0 N–H and O–H groups in total. The first-order valence-corrected chi connectivity index (χ1v) is 8.40. The van der Waals surface area contributed by atoms with Gasteiger partial charge in [-0.1, -0.05) is 13.8 Å². The highest BCUT2D eigenvalue weighted by Gasteiger charge is 2.39. The standard InChI is InChI=1S/C16H26N4O2/c1-11(2)16-18-17-15(22-16)10-19-8-4-6-13(19)14-7-5-9-20(14)12(3)21/h11,13-14H,4-10H2,1-3H3/t13-,14-/m1/s1. The van der Waals surface area contributed by atoms with Crippen LogP contribution in [0.5, 0.6) is 0 Å². The second kappa shape index (κ2) is 6.36. The summed E-state index contributed by atoms with van der Waals surface area (Å²) in [5.41, 5.74) is 0. The Kier molecular flexibility index (Phi) is 4.47. The van der Waals surface area contributed by atoms with Crippen molar-refractivity contribution in [1.29, 1.82) is 0 Å². The Bertz CT molecular complexity index is 528. The SMILES string of the molecule is CC(=O)N1CCC[C@@H]1[C@H]1CCCN1Cc1nnc(C(C)C)o1. The quantitative estimate of drug-likeness (QED) is 0.853. The molecule has 6 heteroatoms. The molecule has 0 aliphatic carbocycles. The summed E-state index contributed by atoms with van der Waals surface area (Å²) < 4.78 is 5.75. The number of hydrogen-bond donors (Lipinski definition) is 0. The maximum absolute atomic E-state index is 11.8. The van der Waals surface area contributed by atoms with Crippen LogP contribution in [-0.4, -0.2) is 51.1 Å². The van der Waals surface area contributed by atoms with Crippen molar-refractivity contribution in [2.75, 3.05) is 13.1 Å². The average Bonchev–Trinajstić information content (AvgIpc) is 3.17. The molecule has 0 unspecified atom stereocenters. The van der Waals surface area contributed by atoms with Crippen molar-refractivity contribution >= 4 is 5.91 Å². The molecule has 2 aliphatic rings. The van der Waals surface area contributed by atoms with Gasteiger partial charge in [-0.15, -0.1) is 10.2 Å². The second-order valence-electron chi connectivity index (χ2n) is 6.79. The molecule has 2 atom stereocenters. The number of hydrogen-bond acceptors (Lipinski definition) is 5. The molecule has 3 rings (SSSR count). The van der Waals surface area contributed by atoms with E-state index in [0.717, 1.165) is 32.4 Å². The lowest BCUT2D eigenvalue weighted by atomic mass is 10.0. The summed E-state index contributed by atoms with van der Waals surface area (Å²) in [5, 5.41) is 8.29. The molecular weight excluding hydrogens is 280 g/mol. The number of carbonyl (C=O) groups is 1. The van der Waals surface area contributed by atoms with Crippen molar-refractivity contribution in [2.45, 2.75) is 71.0 Å². The topological polar surface area (TPSA) is 62.5 Å². The normalized spacial score (nSPS) is 26.3. The molecule has 0 saturated carbocycles. The molecule has 2 fully saturated rings. The van der Waals surface area contributed by atoms with E-state index < -0.39 is 0 Å². The maximum Gasteiger partial charge on any atom is 0.230 e. The number of rotatable bonds is 4. The minimum absolute atomic E-state index is 0.203. The third kappa shape index (κ3) is 3.02. The maximum atomic E-state index is 11.8. The Morgan fingerprint density at radius 2 is 1.95 bits per heavy atom. The van der Waals surface area contributed by atoms with Crippen LogP contribution in [0.25, 0.3) is 0 Å². The third-order valence-corrected chi connectivity index (χ3v) is 4.88. The van der Waals surface area contributed by atoms with Crippen LogP contribution in [0.2, 0.25) is 0 Å². The molecule has 0 aromatic carbocycles. The van der Waals surface area contributed by atoms with Gasteiger partial charge in [0.15, 0.2) is 0 Å². The van der Waals surface area contributed by atoms with Crippen molar-refractivity contribution in [2.24, 2.45) is 0 Å². The van der Waals surface area contributed by atoms with Gasteiger partial charge >= 0.3 is 0 Å². The van der Waals surface area contributed by atoms with E-state index >= 15 is 0 Å². The van der Waals surface area contributed by atoms with E-state index in [1.54, 1.807) is 6.92 Å². The smallest absolute Gasteiger partial charge is 0.230 e. The minimum atomic E-state index is 0.203. The van der Waals surface area contributed by atoms with Crippen molar-refractivity contribution < 1.29 is 9.21 Å². The number of nitrogens with zero attached hydrogens (tertiary/aromatic N) is 4. The fraction of sp³-hybridized carbons (Fsp3) is 0.812. The molecule has 0 radical (unpaired) electrons. The zero-order valence-electron chi connectivity index (χ0n) is 13.8. The lowest BCUT2D eigenvalue weighted by Gasteiger charge is -2.34. The first kappa shape index (κ1) is 15.5. The Morgan fingerprint density at radius 1 is 1.23 bits per heavy atom. The van der Waals surface area contributed by atoms with E-state index in [1.807, 2.05) is 0 Å². The van der Waals surface area contributed by atoms with E-state index in [-0.39, 0.29) is 11.8 Å². The molecule has 0 spiro atoms. The third-order valence-electron chi connectivity index (χ3n) is 4.88. The molecule has 2 saturated heterocycles. The Morgan fingerprint density at radius 3 is 2.64 bits per heavy atom. The number of likely N-dealkylation sites (tertiary alicyclic amines) is 2. The van der Waals surface area contributed by atoms with Gasteiger partial charge in [0.1, 0.15) is 0 Å². The van der Waals surface area contributed by atoms with E-state index in [1.165, 1.54) is 6.42 Å². The molecule has 22 heavy (non-hydrogen) atoms. The fourth-order valence-corrected chi connectivity index (χ4v) is 3.80. The van der Waals surface area contributed by atoms with Crippen LogP contribution < -0.4 is 0 Å². The number of carbonyl (C=O) groups excluding carboxylic acids is 1. The monoisotopic (exact) mass is 306 g/mol. The van der Waals surface area contributed by atoms with Crippen molar-refractivity contribution in [1.82, 2.24) is 20.0 Å². The average molecular weight is 306 g/mol. The summed E-state index contributed by atoms with van der Waals surface area (Å²) in [5.74, 6) is 1.87. The summed E-state index contributed by atoms with van der Waals surface area (Å²) in [4.78, 5) is 16.3. The van der Waals surface area contributed by atoms with Crippen LogP contribution in [0.3, 0.4) is 0 Å². The zero-order chi connectivity index (χ0) is 15.7. The molecule has 0 bridgehead atoms. The fourth-order valence-electron chi connectivity index (χ4n) is 3.80. The summed E-state index contributed by atoms with van der Waals surface area (Å²) in [6, 6.07) is 0.785. The Labute approximate surface area is 131 Å². The first-order chi connectivity index (χ1) is 10.6. The van der Waals surface area contributed by atoms with Crippen LogP contribution in [0, 0.1) is 0 Å². The van der Waals surface area contributed by atoms with E-state index in [0.29, 0.717) is 30.4 Å². The lowest BCUT2D eigenvalue weighted by molar-refractivity contribution is -0.130. The van der Waals surface area contributed by atoms with Gasteiger partial charge in [0.05, 0.1) is 6.54 Å². The van der Waals surface area contributed by atoms with Crippen molar-refractivity contribution in [3.8, 4) is 0 Å². The van der Waals surface area contributed by atoms with Gasteiger partial charge in [-0.05, 0) is 32.2 Å². The van der Waals surface area contributed by atoms with E-state index in [2.05, 4.69) is 33.8 Å². The Balaban J connectivity index is 1.68. The molecule has 1 aromatic rings. The Hall–Kier alpha value is -1.43. The highest BCUT2D eigenvalue weighted by Crippen LogP contribution is 2.31. The molecular formula is C16H26N4O2. The predicted octanol–water partition coefficient (Wildman–Crippen LogP) is 2.17. The van der Waals surface area contributed by atoms with Gasteiger partial charge in [0.25, 0.3) is 0 Å². The van der Waals surface area contributed by atoms with Crippen LogP contribution in [0.4, 0.5) is 0 Å². The molecule has 1 amide bonds. The molecule has 122 valence electrons. The van der Waals surface area contributed by atoms with Crippen LogP contribution in [-0.2, 0) is 11.3 Å². The number of aromatic nitrogens is 2. The predicted molar refractivity (Wildman–Crippen MR) is 82.2 cm³/mol. The molecule has 6 nitrogen and oxygen atoms in total. The summed E-state index contributed by atoms with van der Waals surface area (Å²) in [6.07, 6.45) is 4.56. The van der Waals surface area contributed by atoms with Crippen LogP contribution in [0.15, 0.2) is 4.42 Å². The van der Waals surface area contributed by atoms with Gasteiger partial charge in [-0.2, -0.15) is 0 Å². The van der Waals surface area contributed by atoms with E-state index in [9.17, 15) is 4.79 Å². The summed E-state index contributed by atoms with van der Waals surface area (Å²) in [6.45, 7) is 8.45. The highest BCUT2D eigenvalue weighted by molar-refractivity contribution is 5.74. The molecule has 3 heterocycles. The van der Waals surface area contributed by atoms with Crippen molar-refractivity contribution in [3.05, 3.63) is 11.8 Å². The van der Waals surface area contributed by atoms with Gasteiger partial charge in [0, 0.05) is 31.5 Å². The van der Waals surface area contributed by atoms with Crippen molar-refractivity contribution in [3.63, 3.8) is 0 Å². The summed E-state index contributed by atoms with van der Waals surface area (Å²) in [7, 11) is 0.